The molecule has 3 nitrogen and oxygen atoms in total. The van der Waals surface area contributed by atoms with E-state index < -0.39 is 20.7 Å². The number of sulfonamides is 1. The third-order valence-electron chi connectivity index (χ3n) is 1.21. The van der Waals surface area contributed by atoms with Crippen LogP contribution in [0.15, 0.2) is 29.2 Å². The van der Waals surface area contributed by atoms with Gasteiger partial charge in [0.25, 0.3) is 0 Å². The minimum atomic E-state index is -4.01. The Morgan fingerprint density at radius 1 is 1.33 bits per heavy atom. The van der Waals surface area contributed by atoms with E-state index >= 15 is 0 Å². The van der Waals surface area contributed by atoms with E-state index in [4.69, 9.17) is 11.8 Å². The van der Waals surface area contributed by atoms with E-state index in [1.165, 1.54) is 12.1 Å². The predicted octanol–water partition coefficient (Wildman–Crippen LogP) is 2.04. The molecule has 0 atom stereocenters. The molecule has 0 radical (unpaired) electrons. The van der Waals surface area contributed by atoms with Crippen LogP contribution in [0.2, 0.25) is 0 Å². The maximum atomic E-state index is 12.8. The van der Waals surface area contributed by atoms with Gasteiger partial charge in [-0.15, -0.1) is 0 Å². The lowest BCUT2D eigenvalue weighted by molar-refractivity contribution is 0.572. The molecule has 0 saturated heterocycles. The summed E-state index contributed by atoms with van der Waals surface area (Å²) in [4.78, 5) is -0.514. The van der Waals surface area contributed by atoms with E-state index in [-0.39, 0.29) is 0 Å². The molecular formula is C6H4ClFNO2S-. The van der Waals surface area contributed by atoms with Gasteiger partial charge in [0.15, 0.2) is 0 Å². The van der Waals surface area contributed by atoms with Crippen LogP contribution in [0.3, 0.4) is 0 Å². The Hall–Kier alpha value is -0.650. The van der Waals surface area contributed by atoms with Gasteiger partial charge in [-0.25, -0.2) is 12.8 Å². The zero-order valence-electron chi connectivity index (χ0n) is 5.74. The lowest BCUT2D eigenvalue weighted by Gasteiger charge is -2.11. The molecule has 1 rings (SSSR count). The minimum absolute atomic E-state index is 0.514. The third kappa shape index (κ3) is 1.74. The van der Waals surface area contributed by atoms with Crippen molar-refractivity contribution in [2.45, 2.75) is 4.90 Å². The van der Waals surface area contributed by atoms with E-state index in [2.05, 4.69) is 4.24 Å². The molecule has 0 aromatic heterocycles. The molecule has 0 N–H and O–H groups in total. The quantitative estimate of drug-likeness (QED) is 0.747. The molecule has 0 amide bonds. The van der Waals surface area contributed by atoms with Crippen LogP contribution in [0.5, 0.6) is 0 Å². The van der Waals surface area contributed by atoms with Crippen molar-refractivity contribution in [3.8, 4) is 0 Å². The molecule has 12 heavy (non-hydrogen) atoms. The number of hydrogen-bond acceptors (Lipinski definition) is 2. The zero-order valence-corrected chi connectivity index (χ0v) is 7.31. The van der Waals surface area contributed by atoms with Gasteiger partial charge in [-0.1, -0.05) is 12.1 Å². The fraction of sp³-hybridized carbons (Fsp3) is 0. The molecule has 66 valence electrons. The topological polar surface area (TPSA) is 48.2 Å². The smallest absolute Gasteiger partial charge is 0.140 e. The van der Waals surface area contributed by atoms with E-state index in [0.29, 0.717) is 0 Å². The average molecular weight is 209 g/mol. The van der Waals surface area contributed by atoms with Gasteiger partial charge in [0, 0.05) is 0 Å². The van der Waals surface area contributed by atoms with Crippen molar-refractivity contribution in [1.29, 1.82) is 0 Å². The molecule has 0 bridgehead atoms. The summed E-state index contributed by atoms with van der Waals surface area (Å²) >= 11 is 4.77. The monoisotopic (exact) mass is 208 g/mol. The second kappa shape index (κ2) is 3.38. The molecule has 0 aliphatic rings. The first kappa shape index (κ1) is 9.44. The van der Waals surface area contributed by atoms with Gasteiger partial charge in [0.05, 0.1) is 4.90 Å². The summed E-state index contributed by atoms with van der Waals surface area (Å²) in [7, 11) is -4.01. The van der Waals surface area contributed by atoms with Gasteiger partial charge >= 0.3 is 0 Å². The summed E-state index contributed by atoms with van der Waals surface area (Å²) in [5.74, 6) is -0.859. The first-order valence-electron chi connectivity index (χ1n) is 2.91. The van der Waals surface area contributed by atoms with Crippen LogP contribution in [0.4, 0.5) is 4.39 Å². The van der Waals surface area contributed by atoms with Gasteiger partial charge in [-0.05, 0) is 12.1 Å². The van der Waals surface area contributed by atoms with Crippen LogP contribution in [-0.2, 0) is 10.0 Å². The van der Waals surface area contributed by atoms with Crippen molar-refractivity contribution in [3.63, 3.8) is 0 Å². The maximum absolute atomic E-state index is 12.8. The van der Waals surface area contributed by atoms with E-state index in [1.54, 1.807) is 0 Å². The maximum Gasteiger partial charge on any atom is 0.140 e. The van der Waals surface area contributed by atoms with Crippen molar-refractivity contribution < 1.29 is 12.8 Å². The number of rotatable bonds is 2. The Morgan fingerprint density at radius 2 is 1.92 bits per heavy atom. The summed E-state index contributed by atoms with van der Waals surface area (Å²) in [6, 6.07) is 4.88. The van der Waals surface area contributed by atoms with Crippen molar-refractivity contribution in [2.24, 2.45) is 0 Å². The summed E-state index contributed by atoms with van der Waals surface area (Å²) in [5, 5.41) is 0. The second-order valence-electron chi connectivity index (χ2n) is 1.97. The lowest BCUT2D eigenvalue weighted by atomic mass is 10.4. The van der Waals surface area contributed by atoms with Crippen LogP contribution in [0, 0.1) is 5.82 Å². The Kier molecular flexibility index (Phi) is 2.66. The summed E-state index contributed by atoms with van der Waals surface area (Å²) in [6.07, 6.45) is 0. The van der Waals surface area contributed by atoms with E-state index in [0.717, 1.165) is 12.1 Å². The molecule has 0 fully saturated rings. The Bertz CT molecular complexity index is 379. The molecule has 0 unspecified atom stereocenters. The summed E-state index contributed by atoms with van der Waals surface area (Å²) in [6.45, 7) is 0. The second-order valence-corrected chi connectivity index (χ2v) is 3.92. The molecule has 0 aliphatic carbocycles. The fourth-order valence-electron chi connectivity index (χ4n) is 0.691. The molecule has 0 aliphatic heterocycles. The third-order valence-corrected chi connectivity index (χ3v) is 2.82. The molecule has 0 heterocycles. The highest BCUT2D eigenvalue weighted by atomic mass is 35.5. The SMILES string of the molecule is O=S(=O)([N-]Cl)c1ccccc1F. The highest BCUT2D eigenvalue weighted by Crippen LogP contribution is 2.20. The Labute approximate surface area is 74.3 Å². The Balaban J connectivity index is 3.30. The van der Waals surface area contributed by atoms with Crippen LogP contribution in [-0.4, -0.2) is 8.42 Å². The molecule has 0 spiro atoms. The first-order chi connectivity index (χ1) is 5.58. The highest BCUT2D eigenvalue weighted by molar-refractivity contribution is 7.95. The standard InChI is InChI=1S/C6H4ClFNO2S/c7-9-12(10,11)6-4-2-1-3-5(6)8/h1-4H/q-1. The molecule has 1 aromatic rings. The van der Waals surface area contributed by atoms with E-state index in [9.17, 15) is 12.8 Å². The van der Waals surface area contributed by atoms with Gasteiger partial charge in [-0.2, -0.15) is 0 Å². The van der Waals surface area contributed by atoms with Gasteiger partial charge in [0.1, 0.15) is 15.8 Å². The Morgan fingerprint density at radius 3 is 2.42 bits per heavy atom. The lowest BCUT2D eigenvalue weighted by Crippen LogP contribution is -1.98. The summed E-state index contributed by atoms with van der Waals surface area (Å²) < 4.78 is 37.1. The molecule has 0 saturated carbocycles. The number of nitrogens with zero attached hydrogens (tertiary/aromatic N) is 1. The van der Waals surface area contributed by atoms with Crippen molar-refractivity contribution >= 4 is 21.8 Å². The minimum Gasteiger partial charge on any atom is -0.458 e. The molecule has 1 aromatic carbocycles. The molecule has 6 heteroatoms. The normalized spacial score (nSPS) is 11.5. The van der Waals surface area contributed by atoms with Crippen LogP contribution in [0.25, 0.3) is 4.24 Å². The summed E-state index contributed by atoms with van der Waals surface area (Å²) in [5.41, 5.74) is 0. The van der Waals surface area contributed by atoms with Crippen molar-refractivity contribution in [2.75, 3.05) is 0 Å². The van der Waals surface area contributed by atoms with Crippen LogP contribution < -0.4 is 0 Å². The van der Waals surface area contributed by atoms with Gasteiger partial charge in [-0.3, -0.25) is 11.8 Å². The fourth-order valence-corrected chi connectivity index (χ4v) is 1.55. The largest absolute Gasteiger partial charge is 0.458 e. The van der Waals surface area contributed by atoms with Gasteiger partial charge in [0.2, 0.25) is 0 Å². The average Bonchev–Trinajstić information content (AvgIpc) is 2.05. The first-order valence-corrected chi connectivity index (χ1v) is 4.68. The number of hydrogen-bond donors (Lipinski definition) is 0. The number of halogens is 2. The van der Waals surface area contributed by atoms with Crippen molar-refractivity contribution in [3.05, 3.63) is 34.3 Å². The highest BCUT2D eigenvalue weighted by Gasteiger charge is 2.08. The predicted molar refractivity (Wildman–Crippen MR) is 42.8 cm³/mol. The molecular weight excluding hydrogens is 205 g/mol. The van der Waals surface area contributed by atoms with Crippen molar-refractivity contribution in [1.82, 2.24) is 0 Å². The number of benzene rings is 1. The van der Waals surface area contributed by atoms with Crippen LogP contribution >= 0.6 is 11.8 Å². The van der Waals surface area contributed by atoms with E-state index in [1.807, 2.05) is 0 Å². The van der Waals surface area contributed by atoms with Crippen LogP contribution in [0.1, 0.15) is 0 Å². The zero-order chi connectivity index (χ0) is 9.19. The van der Waals surface area contributed by atoms with Gasteiger partial charge < -0.3 is 4.24 Å².